The second-order valence-electron chi connectivity index (χ2n) is 4.83. The molecule has 1 unspecified atom stereocenters. The number of hydrogen-bond acceptors (Lipinski definition) is 2. The van der Waals surface area contributed by atoms with E-state index >= 15 is 0 Å². The number of rotatable bonds is 3. The molecule has 118 valence electrons. The van der Waals surface area contributed by atoms with E-state index < -0.39 is 0 Å². The summed E-state index contributed by atoms with van der Waals surface area (Å²) in [5, 5.41) is 1.38. The molecule has 1 aliphatic heterocycles. The van der Waals surface area contributed by atoms with Gasteiger partial charge in [0.15, 0.2) is 5.96 Å². The van der Waals surface area contributed by atoms with Gasteiger partial charge in [-0.3, -0.25) is 4.99 Å². The molecule has 1 aliphatic rings. The normalized spacial score (nSPS) is 17.3. The predicted octanol–water partition coefficient (Wildman–Crippen LogP) is 4.08. The number of thioether (sulfide) groups is 1. The molecule has 1 atom stereocenters. The third-order valence-electron chi connectivity index (χ3n) is 3.35. The van der Waals surface area contributed by atoms with Crippen LogP contribution in [0.15, 0.2) is 23.2 Å². The number of nitrogens with two attached hydrogens (primary N) is 1. The van der Waals surface area contributed by atoms with E-state index in [0.29, 0.717) is 22.5 Å². The summed E-state index contributed by atoms with van der Waals surface area (Å²) in [6.45, 7) is 4.61. The van der Waals surface area contributed by atoms with Crippen LogP contribution in [0.2, 0.25) is 10.0 Å². The molecule has 2 N–H and O–H groups in total. The van der Waals surface area contributed by atoms with Crippen LogP contribution in [-0.2, 0) is 0 Å². The van der Waals surface area contributed by atoms with Gasteiger partial charge in [0.25, 0.3) is 0 Å². The van der Waals surface area contributed by atoms with Gasteiger partial charge in [-0.05, 0) is 17.7 Å². The molecular weight excluding hydrogens is 440 g/mol. The van der Waals surface area contributed by atoms with Crippen molar-refractivity contribution in [2.45, 2.75) is 12.8 Å². The highest BCUT2D eigenvalue weighted by Crippen LogP contribution is 2.31. The maximum Gasteiger partial charge on any atom is 0.191 e. The molecule has 1 aromatic rings. The molecule has 0 bridgehead atoms. The first kappa shape index (κ1) is 19.2. The Morgan fingerprint density at radius 3 is 2.48 bits per heavy atom. The second kappa shape index (κ2) is 9.33. The Labute approximate surface area is 157 Å². The molecule has 3 nitrogen and oxygen atoms in total. The Bertz CT molecular complexity index is 473. The maximum absolute atomic E-state index is 6.21. The standard InChI is InChI=1S/C14H19Cl2N3S.HI/c1-10(13-11(15)3-2-4-12(13)16)9-18-14(17)19-5-7-20-8-6-19;/h2-4,10H,5-9H2,1H3,(H2,17,18);1H. The molecule has 0 saturated carbocycles. The van der Waals surface area contributed by atoms with Crippen LogP contribution in [0.5, 0.6) is 0 Å². The molecule has 21 heavy (non-hydrogen) atoms. The van der Waals surface area contributed by atoms with Crippen molar-refractivity contribution in [2.24, 2.45) is 10.7 Å². The number of nitrogens with zero attached hydrogens (tertiary/aromatic N) is 2. The molecule has 1 aromatic carbocycles. The van der Waals surface area contributed by atoms with Crippen molar-refractivity contribution >= 4 is 64.9 Å². The van der Waals surface area contributed by atoms with Crippen molar-refractivity contribution in [3.05, 3.63) is 33.8 Å². The van der Waals surface area contributed by atoms with Crippen molar-refractivity contribution in [1.29, 1.82) is 0 Å². The van der Waals surface area contributed by atoms with Crippen LogP contribution in [0, 0.1) is 0 Å². The lowest BCUT2D eigenvalue weighted by atomic mass is 10.0. The van der Waals surface area contributed by atoms with E-state index in [-0.39, 0.29) is 29.9 Å². The summed E-state index contributed by atoms with van der Waals surface area (Å²) < 4.78 is 0. The first-order valence-corrected chi connectivity index (χ1v) is 8.57. The highest BCUT2D eigenvalue weighted by Gasteiger charge is 2.15. The lowest BCUT2D eigenvalue weighted by Gasteiger charge is -2.27. The summed E-state index contributed by atoms with van der Waals surface area (Å²) in [5.74, 6) is 3.00. The third kappa shape index (κ3) is 5.37. The van der Waals surface area contributed by atoms with Crippen molar-refractivity contribution < 1.29 is 0 Å². The Kier molecular flexibility index (Phi) is 8.52. The van der Waals surface area contributed by atoms with Gasteiger partial charge in [0.1, 0.15) is 0 Å². The van der Waals surface area contributed by atoms with Gasteiger partial charge in [0.05, 0.1) is 0 Å². The van der Waals surface area contributed by atoms with E-state index in [4.69, 9.17) is 28.9 Å². The minimum atomic E-state index is 0. The highest BCUT2D eigenvalue weighted by molar-refractivity contribution is 14.0. The fourth-order valence-corrected chi connectivity index (χ4v) is 3.87. The molecule has 0 radical (unpaired) electrons. The molecule has 1 fully saturated rings. The molecule has 7 heteroatoms. The van der Waals surface area contributed by atoms with E-state index in [0.717, 1.165) is 30.2 Å². The lowest BCUT2D eigenvalue weighted by Crippen LogP contribution is -2.42. The maximum atomic E-state index is 6.21. The van der Waals surface area contributed by atoms with Gasteiger partial charge in [0.2, 0.25) is 0 Å². The predicted molar refractivity (Wildman–Crippen MR) is 106 cm³/mol. The average molecular weight is 460 g/mol. The molecular formula is C14H20Cl2IN3S. The summed E-state index contributed by atoms with van der Waals surface area (Å²) >= 11 is 14.4. The van der Waals surface area contributed by atoms with E-state index in [2.05, 4.69) is 16.8 Å². The number of benzene rings is 1. The molecule has 0 aliphatic carbocycles. The quantitative estimate of drug-likeness (QED) is 0.420. The van der Waals surface area contributed by atoms with Gasteiger partial charge < -0.3 is 10.6 Å². The van der Waals surface area contributed by atoms with Crippen molar-refractivity contribution in [2.75, 3.05) is 31.1 Å². The van der Waals surface area contributed by atoms with Gasteiger partial charge in [-0.15, -0.1) is 24.0 Å². The first-order valence-electron chi connectivity index (χ1n) is 6.66. The van der Waals surface area contributed by atoms with E-state index in [1.807, 2.05) is 30.0 Å². The van der Waals surface area contributed by atoms with E-state index in [1.54, 1.807) is 0 Å². The van der Waals surface area contributed by atoms with Gasteiger partial charge in [0, 0.05) is 47.1 Å². The van der Waals surface area contributed by atoms with Crippen LogP contribution in [0.25, 0.3) is 0 Å². The number of aliphatic imine (C=N–C) groups is 1. The van der Waals surface area contributed by atoms with E-state index in [9.17, 15) is 0 Å². The second-order valence-corrected chi connectivity index (χ2v) is 6.87. The lowest BCUT2D eigenvalue weighted by molar-refractivity contribution is 0.455. The minimum Gasteiger partial charge on any atom is -0.370 e. The molecule has 0 aromatic heterocycles. The fraction of sp³-hybridized carbons (Fsp3) is 0.500. The van der Waals surface area contributed by atoms with Crippen LogP contribution < -0.4 is 5.73 Å². The van der Waals surface area contributed by atoms with Crippen molar-refractivity contribution in [3.8, 4) is 0 Å². The van der Waals surface area contributed by atoms with Crippen LogP contribution in [0.1, 0.15) is 18.4 Å². The van der Waals surface area contributed by atoms with Crippen LogP contribution >= 0.6 is 58.9 Å². The SMILES string of the molecule is CC(CN=C(N)N1CCSCC1)c1c(Cl)cccc1Cl.I. The van der Waals surface area contributed by atoms with Crippen LogP contribution in [-0.4, -0.2) is 42.0 Å². The highest BCUT2D eigenvalue weighted by atomic mass is 127. The van der Waals surface area contributed by atoms with Crippen LogP contribution in [0.3, 0.4) is 0 Å². The zero-order valence-corrected chi connectivity index (χ0v) is 16.5. The topological polar surface area (TPSA) is 41.6 Å². The average Bonchev–Trinajstić information content (AvgIpc) is 2.45. The molecule has 0 spiro atoms. The summed E-state index contributed by atoms with van der Waals surface area (Å²) in [4.78, 5) is 6.64. The zero-order chi connectivity index (χ0) is 14.5. The molecule has 0 amide bonds. The Hall–Kier alpha value is 0.150. The first-order chi connectivity index (χ1) is 9.59. The van der Waals surface area contributed by atoms with Crippen molar-refractivity contribution in [3.63, 3.8) is 0 Å². The summed E-state index contributed by atoms with van der Waals surface area (Å²) in [5.41, 5.74) is 7.00. The van der Waals surface area contributed by atoms with E-state index in [1.165, 1.54) is 0 Å². The number of hydrogen-bond donors (Lipinski definition) is 1. The van der Waals surface area contributed by atoms with Gasteiger partial charge >= 0.3 is 0 Å². The summed E-state index contributed by atoms with van der Waals surface area (Å²) in [6.07, 6.45) is 0. The summed E-state index contributed by atoms with van der Waals surface area (Å²) in [7, 11) is 0. The van der Waals surface area contributed by atoms with Gasteiger partial charge in [-0.1, -0.05) is 36.2 Å². The molecule has 1 heterocycles. The largest absolute Gasteiger partial charge is 0.370 e. The van der Waals surface area contributed by atoms with Crippen LogP contribution in [0.4, 0.5) is 0 Å². The van der Waals surface area contributed by atoms with Crippen molar-refractivity contribution in [1.82, 2.24) is 4.90 Å². The smallest absolute Gasteiger partial charge is 0.191 e. The monoisotopic (exact) mass is 459 g/mol. The minimum absolute atomic E-state index is 0. The fourth-order valence-electron chi connectivity index (χ4n) is 2.20. The molecule has 2 rings (SSSR count). The summed E-state index contributed by atoms with van der Waals surface area (Å²) in [6, 6.07) is 5.56. The number of halogens is 3. The third-order valence-corrected chi connectivity index (χ3v) is 4.96. The number of guanidine groups is 1. The Morgan fingerprint density at radius 1 is 1.33 bits per heavy atom. The Balaban J connectivity index is 0.00000220. The molecule has 1 saturated heterocycles. The van der Waals surface area contributed by atoms with Gasteiger partial charge in [-0.25, -0.2) is 0 Å². The zero-order valence-electron chi connectivity index (χ0n) is 11.9. The van der Waals surface area contributed by atoms with Gasteiger partial charge in [-0.2, -0.15) is 11.8 Å². The Morgan fingerprint density at radius 2 is 1.90 bits per heavy atom.